The third-order valence-electron chi connectivity index (χ3n) is 2.48. The Labute approximate surface area is 95.6 Å². The molecule has 0 amide bonds. The van der Waals surface area contributed by atoms with Gasteiger partial charge in [0.1, 0.15) is 0 Å². The molecule has 1 aromatic rings. The van der Waals surface area contributed by atoms with Crippen LogP contribution in [0.1, 0.15) is 24.7 Å². The summed E-state index contributed by atoms with van der Waals surface area (Å²) in [5.41, 5.74) is 0.640. The van der Waals surface area contributed by atoms with Crippen molar-refractivity contribution in [1.82, 2.24) is 5.32 Å². The second kappa shape index (κ2) is 4.99. The molecule has 1 atom stereocenters. The van der Waals surface area contributed by atoms with Gasteiger partial charge in [-0.3, -0.25) is 4.79 Å². The van der Waals surface area contributed by atoms with Crippen LogP contribution in [0.5, 0.6) is 11.5 Å². The van der Waals surface area contributed by atoms with Gasteiger partial charge in [0.05, 0.1) is 6.04 Å². The Hall–Kier alpha value is -1.55. The number of ether oxygens (including phenoxy) is 2. The molecule has 2 rings (SSSR count). The molecule has 0 aliphatic carbocycles. The van der Waals surface area contributed by atoms with Gasteiger partial charge in [0.15, 0.2) is 17.3 Å². The van der Waals surface area contributed by atoms with Crippen molar-refractivity contribution in [2.45, 2.75) is 20.4 Å². The van der Waals surface area contributed by atoms with Crippen molar-refractivity contribution in [1.29, 1.82) is 0 Å². The number of Topliss-reactive ketones (excluding diaryl/α,β-unsaturated/α-hetero) is 1. The van der Waals surface area contributed by atoms with Gasteiger partial charge in [-0.05, 0) is 32.2 Å². The molecular weight excluding hydrogens is 206 g/mol. The number of rotatable bonds is 3. The zero-order valence-corrected chi connectivity index (χ0v) is 8.74. The van der Waals surface area contributed by atoms with E-state index in [2.05, 4.69) is 5.32 Å². The van der Waals surface area contributed by atoms with Gasteiger partial charge in [-0.2, -0.15) is 0 Å². The van der Waals surface area contributed by atoms with E-state index in [0.29, 0.717) is 17.1 Å². The molecule has 0 saturated heterocycles. The highest BCUT2D eigenvalue weighted by atomic mass is 16.7. The summed E-state index contributed by atoms with van der Waals surface area (Å²) in [6.45, 7) is 2.06. The third kappa shape index (κ3) is 2.17. The molecule has 0 fully saturated rings. The Bertz CT molecular complexity index is 390. The van der Waals surface area contributed by atoms with Gasteiger partial charge in [-0.25, -0.2) is 0 Å². The van der Waals surface area contributed by atoms with Crippen LogP contribution in [0.15, 0.2) is 18.2 Å². The van der Waals surface area contributed by atoms with Crippen molar-refractivity contribution in [3.05, 3.63) is 23.8 Å². The summed E-state index contributed by atoms with van der Waals surface area (Å²) in [6, 6.07) is 5.05. The van der Waals surface area contributed by atoms with Crippen molar-refractivity contribution in [3.63, 3.8) is 0 Å². The molecule has 0 saturated carbocycles. The quantitative estimate of drug-likeness (QED) is 0.794. The first-order valence-corrected chi connectivity index (χ1v) is 4.83. The lowest BCUT2D eigenvalue weighted by atomic mass is 10.1. The number of fused-ring (bicyclic) bond motifs is 1. The summed E-state index contributed by atoms with van der Waals surface area (Å²) in [5.74, 6) is 1.39. The van der Waals surface area contributed by atoms with E-state index in [1.165, 1.54) is 0 Å². The summed E-state index contributed by atoms with van der Waals surface area (Å²) in [7, 11) is 1.76. The lowest BCUT2D eigenvalue weighted by Gasteiger charge is -2.09. The van der Waals surface area contributed by atoms with E-state index in [0.717, 1.165) is 0 Å². The number of nitrogens with one attached hydrogen (secondary N) is 1. The molecule has 1 aromatic carbocycles. The molecule has 0 radical (unpaired) electrons. The number of ketones is 1. The average molecular weight is 223 g/mol. The fraction of sp³-hybridized carbons (Fsp3) is 0.417. The number of likely N-dealkylation sites (N-methyl/N-ethyl adjacent to an activating group) is 1. The number of carbonyl (C=O) groups is 1. The predicted octanol–water partition coefficient (Wildman–Crippen LogP) is 1.84. The van der Waals surface area contributed by atoms with Crippen LogP contribution in [0.4, 0.5) is 0 Å². The van der Waals surface area contributed by atoms with Crippen LogP contribution in [-0.4, -0.2) is 25.7 Å². The van der Waals surface area contributed by atoms with E-state index in [-0.39, 0.29) is 26.0 Å². The molecular formula is C12H17NO3. The smallest absolute Gasteiger partial charge is 0.231 e. The lowest BCUT2D eigenvalue weighted by Crippen LogP contribution is -2.30. The first-order valence-electron chi connectivity index (χ1n) is 4.83. The van der Waals surface area contributed by atoms with Crippen LogP contribution >= 0.6 is 0 Å². The van der Waals surface area contributed by atoms with E-state index >= 15 is 0 Å². The fourth-order valence-corrected chi connectivity index (χ4v) is 1.43. The summed E-state index contributed by atoms with van der Waals surface area (Å²) < 4.78 is 10.4. The molecule has 1 heterocycles. The molecule has 4 nitrogen and oxygen atoms in total. The first kappa shape index (κ1) is 12.5. The predicted molar refractivity (Wildman–Crippen MR) is 62.1 cm³/mol. The third-order valence-corrected chi connectivity index (χ3v) is 2.48. The second-order valence-corrected chi connectivity index (χ2v) is 3.44. The molecule has 1 unspecified atom stereocenters. The number of carbonyl (C=O) groups excluding carboxylic acids is 1. The van der Waals surface area contributed by atoms with Crippen LogP contribution in [0.3, 0.4) is 0 Å². The van der Waals surface area contributed by atoms with Gasteiger partial charge in [0.25, 0.3) is 0 Å². The van der Waals surface area contributed by atoms with Crippen molar-refractivity contribution in [2.24, 2.45) is 0 Å². The molecule has 0 aromatic heterocycles. The second-order valence-electron chi connectivity index (χ2n) is 3.44. The Balaban J connectivity index is 0.00000128. The summed E-state index contributed by atoms with van der Waals surface area (Å²) in [5, 5.41) is 2.91. The minimum absolute atomic E-state index is 0. The van der Waals surface area contributed by atoms with Crippen LogP contribution in [-0.2, 0) is 0 Å². The van der Waals surface area contributed by atoms with Crippen molar-refractivity contribution < 1.29 is 14.3 Å². The van der Waals surface area contributed by atoms with Gasteiger partial charge >= 0.3 is 0 Å². The monoisotopic (exact) mass is 223 g/mol. The summed E-state index contributed by atoms with van der Waals surface area (Å²) in [6.07, 6.45) is 0. The minimum atomic E-state index is -0.189. The van der Waals surface area contributed by atoms with Crippen LogP contribution in [0, 0.1) is 0 Å². The number of hydrogen-bond acceptors (Lipinski definition) is 4. The number of hydrogen-bond donors (Lipinski definition) is 1. The average Bonchev–Trinajstić information content (AvgIpc) is 2.73. The van der Waals surface area contributed by atoms with E-state index in [1.807, 2.05) is 6.92 Å². The summed E-state index contributed by atoms with van der Waals surface area (Å²) >= 11 is 0. The zero-order valence-electron chi connectivity index (χ0n) is 8.74. The lowest BCUT2D eigenvalue weighted by molar-refractivity contribution is 0.0954. The van der Waals surface area contributed by atoms with E-state index in [4.69, 9.17) is 9.47 Å². The molecule has 88 valence electrons. The molecule has 0 spiro atoms. The van der Waals surface area contributed by atoms with Gasteiger partial charge in [-0.15, -0.1) is 0 Å². The highest BCUT2D eigenvalue weighted by Crippen LogP contribution is 2.32. The molecule has 1 aliphatic heterocycles. The zero-order chi connectivity index (χ0) is 10.8. The topological polar surface area (TPSA) is 47.6 Å². The highest BCUT2D eigenvalue weighted by Gasteiger charge is 2.18. The van der Waals surface area contributed by atoms with Crippen LogP contribution in [0.2, 0.25) is 0 Å². The Morgan fingerprint density at radius 3 is 2.75 bits per heavy atom. The molecule has 16 heavy (non-hydrogen) atoms. The van der Waals surface area contributed by atoms with Gasteiger partial charge in [0.2, 0.25) is 6.79 Å². The minimum Gasteiger partial charge on any atom is -0.454 e. The normalized spacial score (nSPS) is 14.1. The van der Waals surface area contributed by atoms with E-state index < -0.39 is 0 Å². The standard InChI is InChI=1S/C11H13NO3.CH4/c1-7(12-2)11(13)8-3-4-9-10(5-8)15-6-14-9;/h3-5,7,12H,6H2,1-2H3;1H4. The Morgan fingerprint density at radius 1 is 1.38 bits per heavy atom. The van der Waals surface area contributed by atoms with Crippen LogP contribution < -0.4 is 14.8 Å². The van der Waals surface area contributed by atoms with Gasteiger partial charge in [-0.1, -0.05) is 7.43 Å². The fourth-order valence-electron chi connectivity index (χ4n) is 1.43. The highest BCUT2D eigenvalue weighted by molar-refractivity contribution is 6.00. The van der Waals surface area contributed by atoms with E-state index in [1.54, 1.807) is 25.2 Å². The van der Waals surface area contributed by atoms with E-state index in [9.17, 15) is 4.79 Å². The SMILES string of the molecule is C.CNC(C)C(=O)c1ccc2c(c1)OCO2. The maximum Gasteiger partial charge on any atom is 0.231 e. The molecule has 0 bridgehead atoms. The Morgan fingerprint density at radius 2 is 2.06 bits per heavy atom. The maximum absolute atomic E-state index is 11.8. The van der Waals surface area contributed by atoms with Crippen LogP contribution in [0.25, 0.3) is 0 Å². The van der Waals surface area contributed by atoms with Gasteiger partial charge < -0.3 is 14.8 Å². The van der Waals surface area contributed by atoms with Crippen molar-refractivity contribution in [3.8, 4) is 11.5 Å². The molecule has 4 heteroatoms. The number of benzene rings is 1. The van der Waals surface area contributed by atoms with Gasteiger partial charge in [0, 0.05) is 5.56 Å². The van der Waals surface area contributed by atoms with Crippen molar-refractivity contribution in [2.75, 3.05) is 13.8 Å². The Kier molecular flexibility index (Phi) is 3.90. The summed E-state index contributed by atoms with van der Waals surface area (Å²) in [4.78, 5) is 11.8. The van der Waals surface area contributed by atoms with Crippen molar-refractivity contribution >= 4 is 5.78 Å². The molecule has 1 N–H and O–H groups in total. The maximum atomic E-state index is 11.8. The molecule has 1 aliphatic rings. The first-order chi connectivity index (χ1) is 7.22. The largest absolute Gasteiger partial charge is 0.454 e.